The van der Waals surface area contributed by atoms with Gasteiger partial charge in [0.15, 0.2) is 8.07 Å². The average Bonchev–Trinajstić information content (AvgIpc) is 4.05. The van der Waals surface area contributed by atoms with Crippen LogP contribution in [0.2, 0.25) is 0 Å². The highest BCUT2D eigenvalue weighted by molar-refractivity contribution is 7.22. The molecule has 3 aliphatic heterocycles. The quantitative estimate of drug-likeness (QED) is 0.162. The van der Waals surface area contributed by atoms with Crippen molar-refractivity contribution in [3.8, 4) is 34.6 Å². The number of rotatable bonds is 5. The number of hydrogen-bond acceptors (Lipinski definition) is 3. The van der Waals surface area contributed by atoms with E-state index in [1.54, 1.807) is 0 Å². The van der Waals surface area contributed by atoms with Crippen LogP contribution in [0, 0.1) is 22.7 Å². The van der Waals surface area contributed by atoms with Crippen LogP contribution in [0.4, 0.5) is 17.1 Å². The smallest absolute Gasteiger partial charge is 0.252 e. The number of nitrogens with zero attached hydrogens (tertiary/aromatic N) is 5. The molecule has 0 unspecified atom stereocenters. The standard InChI is InChI=1S/C62H36BN5Si/c64-37-49-58(66(39-18-4-1-5-19-39)40-34-35-56-48(36-40)45-26-12-15-33-55(45)69(56,41-20-6-2-7-21-41)42-22-8-3-9-23-42)50(38-65)62-57-61(49)67-53-31-13-10-24-43(53)46-27-16-29-51(59(46)67)63(57)52-30-17-28-47-44-25-11-14-32-54(44)68(62)60(47)52/h1-36H. The Morgan fingerprint density at radius 1 is 0.420 bits per heavy atom. The molecule has 15 rings (SSSR count). The zero-order chi connectivity index (χ0) is 45.5. The Morgan fingerprint density at radius 3 is 1.46 bits per heavy atom. The summed E-state index contributed by atoms with van der Waals surface area (Å²) in [5, 5.41) is 34.1. The normalized spacial score (nSPS) is 13.3. The third-order valence-corrected chi connectivity index (χ3v) is 20.3. The van der Waals surface area contributed by atoms with Crippen LogP contribution in [0.15, 0.2) is 218 Å². The van der Waals surface area contributed by atoms with Crippen LogP contribution in [0.5, 0.6) is 0 Å². The van der Waals surface area contributed by atoms with E-state index in [1.165, 1.54) is 42.8 Å². The van der Waals surface area contributed by atoms with E-state index in [9.17, 15) is 10.5 Å². The second-order valence-electron chi connectivity index (χ2n) is 18.5. The van der Waals surface area contributed by atoms with E-state index in [0.29, 0.717) is 16.8 Å². The van der Waals surface area contributed by atoms with E-state index < -0.39 is 8.07 Å². The summed E-state index contributed by atoms with van der Waals surface area (Å²) < 4.78 is 4.69. The summed E-state index contributed by atoms with van der Waals surface area (Å²) >= 11 is 0. The second kappa shape index (κ2) is 13.9. The van der Waals surface area contributed by atoms with Crippen molar-refractivity contribution < 1.29 is 0 Å². The summed E-state index contributed by atoms with van der Waals surface area (Å²) in [6.07, 6.45) is 0. The lowest BCUT2D eigenvalue weighted by atomic mass is 9.34. The maximum atomic E-state index is 12.1. The Bertz CT molecular complexity index is 4090. The average molecular weight is 890 g/mol. The third-order valence-electron chi connectivity index (χ3n) is 15.4. The number of hydrogen-bond donors (Lipinski definition) is 0. The lowest BCUT2D eigenvalue weighted by molar-refractivity contribution is 1.11. The molecule has 0 saturated carbocycles. The number of benzene rings is 10. The van der Waals surface area contributed by atoms with Crippen molar-refractivity contribution in [2.24, 2.45) is 0 Å². The topological polar surface area (TPSA) is 60.7 Å². The first-order valence-corrected chi connectivity index (χ1v) is 25.5. The number of aromatic nitrogens is 2. The van der Waals surface area contributed by atoms with Gasteiger partial charge in [-0.1, -0.05) is 182 Å². The summed E-state index contributed by atoms with van der Waals surface area (Å²) in [5.41, 5.74) is 14.8. The molecule has 0 fully saturated rings. The van der Waals surface area contributed by atoms with Crippen LogP contribution in [0.1, 0.15) is 11.1 Å². The maximum absolute atomic E-state index is 12.1. The predicted molar refractivity (Wildman–Crippen MR) is 286 cm³/mol. The van der Waals surface area contributed by atoms with Crippen molar-refractivity contribution in [1.82, 2.24) is 9.13 Å². The largest absolute Gasteiger partial charge is 0.309 e. The highest BCUT2D eigenvalue weighted by Crippen LogP contribution is 2.48. The maximum Gasteiger partial charge on any atom is 0.252 e. The Balaban J connectivity index is 1.11. The van der Waals surface area contributed by atoms with Gasteiger partial charge < -0.3 is 14.0 Å². The Hall–Kier alpha value is -9.14. The van der Waals surface area contributed by atoms with Gasteiger partial charge in [-0.15, -0.1) is 0 Å². The van der Waals surface area contributed by atoms with E-state index in [0.717, 1.165) is 71.8 Å². The second-order valence-corrected chi connectivity index (χ2v) is 22.2. The van der Waals surface area contributed by atoms with Crippen LogP contribution in [0.25, 0.3) is 66.1 Å². The van der Waals surface area contributed by atoms with Crippen molar-refractivity contribution in [3.05, 3.63) is 230 Å². The van der Waals surface area contributed by atoms with Gasteiger partial charge in [0.2, 0.25) is 0 Å². The number of para-hydroxylation sites is 5. The summed E-state index contributed by atoms with van der Waals surface area (Å²) in [4.78, 5) is 2.20. The number of anilines is 3. The molecule has 3 aliphatic rings. The molecule has 10 aromatic carbocycles. The summed E-state index contributed by atoms with van der Waals surface area (Å²) in [7, 11) is -2.80. The van der Waals surface area contributed by atoms with Gasteiger partial charge in [-0.3, -0.25) is 0 Å². The molecule has 0 saturated heterocycles. The molecule has 0 bridgehead atoms. The van der Waals surface area contributed by atoms with Gasteiger partial charge in [-0.25, -0.2) is 0 Å². The number of nitriles is 2. The first-order chi connectivity index (χ1) is 34.2. The Morgan fingerprint density at radius 2 is 0.899 bits per heavy atom. The molecule has 316 valence electrons. The van der Waals surface area contributed by atoms with E-state index in [2.05, 4.69) is 226 Å². The molecular weight excluding hydrogens is 854 g/mol. The van der Waals surface area contributed by atoms with Crippen molar-refractivity contribution in [2.75, 3.05) is 4.90 Å². The predicted octanol–water partition coefficient (Wildman–Crippen LogP) is 9.59. The van der Waals surface area contributed by atoms with E-state index in [4.69, 9.17) is 0 Å². The van der Waals surface area contributed by atoms with E-state index >= 15 is 0 Å². The first kappa shape index (κ1) is 38.0. The zero-order valence-electron chi connectivity index (χ0n) is 37.1. The number of fused-ring (bicyclic) bond motifs is 13. The van der Waals surface area contributed by atoms with Crippen LogP contribution in [-0.4, -0.2) is 23.9 Å². The zero-order valence-corrected chi connectivity index (χ0v) is 38.1. The van der Waals surface area contributed by atoms with Gasteiger partial charge in [0.1, 0.15) is 23.3 Å². The lowest BCUT2D eigenvalue weighted by Crippen LogP contribution is -2.72. The molecule has 0 N–H and O–H groups in total. The fourth-order valence-electron chi connectivity index (χ4n) is 13.0. The molecule has 0 aliphatic carbocycles. The molecule has 2 aromatic heterocycles. The summed E-state index contributed by atoms with van der Waals surface area (Å²) in [6.45, 7) is -0.236. The van der Waals surface area contributed by atoms with Crippen LogP contribution < -0.4 is 42.0 Å². The van der Waals surface area contributed by atoms with Crippen LogP contribution in [0.3, 0.4) is 0 Å². The van der Waals surface area contributed by atoms with Crippen molar-refractivity contribution in [2.45, 2.75) is 0 Å². The van der Waals surface area contributed by atoms with Gasteiger partial charge in [0.05, 0.1) is 28.1 Å². The van der Waals surface area contributed by atoms with Gasteiger partial charge >= 0.3 is 0 Å². The monoisotopic (exact) mass is 889 g/mol. The van der Waals surface area contributed by atoms with Gasteiger partial charge in [0.25, 0.3) is 6.71 Å². The SMILES string of the molecule is N#Cc1c(N(c2ccccc2)c2ccc3c(c2)-c2ccccc2[Si]3(c2ccccc2)c2ccccc2)c(C#N)c2c3c1-n1c4ccccc4c4cccc(c41)B3c1cccc3c4ccccc4n-2c13. The molecule has 0 spiro atoms. The Labute approximate surface area is 399 Å². The molecule has 5 nitrogen and oxygen atoms in total. The molecule has 0 radical (unpaired) electrons. The minimum atomic E-state index is -2.80. The summed E-state index contributed by atoms with van der Waals surface area (Å²) in [5.74, 6) is 0. The van der Waals surface area contributed by atoms with Crippen molar-refractivity contribution >= 4 is 113 Å². The highest BCUT2D eigenvalue weighted by atomic mass is 28.3. The molecular formula is C62H36BN5Si. The van der Waals surface area contributed by atoms with E-state index in [-0.39, 0.29) is 6.71 Å². The highest BCUT2D eigenvalue weighted by Gasteiger charge is 2.49. The first-order valence-electron chi connectivity index (χ1n) is 23.5. The van der Waals surface area contributed by atoms with Gasteiger partial charge in [-0.05, 0) is 84.7 Å². The minimum absolute atomic E-state index is 0.236. The van der Waals surface area contributed by atoms with Crippen LogP contribution in [-0.2, 0) is 0 Å². The third kappa shape index (κ3) is 4.72. The van der Waals surface area contributed by atoms with E-state index in [1.807, 2.05) is 18.2 Å². The van der Waals surface area contributed by atoms with Crippen LogP contribution >= 0.6 is 0 Å². The molecule has 69 heavy (non-hydrogen) atoms. The van der Waals surface area contributed by atoms with Crippen molar-refractivity contribution in [3.63, 3.8) is 0 Å². The molecule has 5 heterocycles. The fraction of sp³-hybridized carbons (Fsp3) is 0. The molecule has 12 aromatic rings. The molecule has 0 atom stereocenters. The van der Waals surface area contributed by atoms with Gasteiger partial charge in [-0.2, -0.15) is 10.5 Å². The fourth-order valence-corrected chi connectivity index (χ4v) is 18.1. The van der Waals surface area contributed by atoms with Crippen molar-refractivity contribution in [1.29, 1.82) is 10.5 Å². The Kier molecular flexibility index (Phi) is 7.69. The molecule has 0 amide bonds. The minimum Gasteiger partial charge on any atom is -0.309 e. The molecule has 7 heteroatoms. The van der Waals surface area contributed by atoms with Gasteiger partial charge in [0, 0.05) is 44.0 Å². The summed E-state index contributed by atoms with van der Waals surface area (Å²) in [6, 6.07) is 84.3. The lowest BCUT2D eigenvalue weighted by Gasteiger charge is -2.37.